The van der Waals surface area contributed by atoms with Crippen molar-refractivity contribution in [1.82, 2.24) is 4.98 Å². The van der Waals surface area contributed by atoms with Gasteiger partial charge in [-0.2, -0.15) is 5.26 Å². The molecule has 0 spiro atoms. The van der Waals surface area contributed by atoms with Gasteiger partial charge in [-0.25, -0.2) is 9.78 Å². The zero-order valence-corrected chi connectivity index (χ0v) is 7.15. The van der Waals surface area contributed by atoms with Gasteiger partial charge in [-0.1, -0.05) is 6.07 Å². The molecule has 0 fully saturated rings. The largest absolute Gasteiger partial charge is 0.464 e. The molecule has 66 valence electrons. The molecule has 1 rings (SSSR count). The van der Waals surface area contributed by atoms with Gasteiger partial charge in [-0.3, -0.25) is 0 Å². The molecule has 0 N–H and O–H groups in total. The van der Waals surface area contributed by atoms with Crippen LogP contribution in [0.15, 0.2) is 18.3 Å². The number of carbonyl (C=O) groups is 1. The minimum atomic E-state index is -0.469. The van der Waals surface area contributed by atoms with E-state index in [0.29, 0.717) is 6.42 Å². The van der Waals surface area contributed by atoms with Crippen molar-refractivity contribution in [3.8, 4) is 6.07 Å². The van der Waals surface area contributed by atoms with Crippen LogP contribution in [0.5, 0.6) is 0 Å². The molecule has 0 saturated carbocycles. The summed E-state index contributed by atoms with van der Waals surface area (Å²) in [5.41, 5.74) is 1.04. The summed E-state index contributed by atoms with van der Waals surface area (Å²) in [6, 6.07) is 5.21. The van der Waals surface area contributed by atoms with E-state index in [1.807, 2.05) is 6.07 Å². The summed E-state index contributed by atoms with van der Waals surface area (Å²) in [5.74, 6) is -0.469. The lowest BCUT2D eigenvalue weighted by Crippen LogP contribution is -2.03. The van der Waals surface area contributed by atoms with Crippen LogP contribution < -0.4 is 0 Å². The SMILES string of the molecule is COC(=O)c1ccc(CC#N)cn1. The number of aromatic nitrogens is 1. The Morgan fingerprint density at radius 1 is 1.69 bits per heavy atom. The molecule has 0 aliphatic heterocycles. The van der Waals surface area contributed by atoms with Crippen molar-refractivity contribution in [3.63, 3.8) is 0 Å². The smallest absolute Gasteiger partial charge is 0.356 e. The highest BCUT2D eigenvalue weighted by molar-refractivity contribution is 5.86. The van der Waals surface area contributed by atoms with Crippen LogP contribution >= 0.6 is 0 Å². The first-order valence-electron chi connectivity index (χ1n) is 3.68. The molecule has 4 nitrogen and oxygen atoms in total. The van der Waals surface area contributed by atoms with Gasteiger partial charge in [0.05, 0.1) is 19.6 Å². The standard InChI is InChI=1S/C9H8N2O2/c1-13-9(12)8-3-2-7(4-5-10)6-11-8/h2-3,6H,4H2,1H3. The van der Waals surface area contributed by atoms with Gasteiger partial charge in [-0.05, 0) is 11.6 Å². The lowest BCUT2D eigenvalue weighted by molar-refractivity contribution is 0.0594. The molecule has 1 aromatic heterocycles. The van der Waals surface area contributed by atoms with E-state index in [0.717, 1.165) is 5.56 Å². The van der Waals surface area contributed by atoms with Gasteiger partial charge >= 0.3 is 5.97 Å². The van der Waals surface area contributed by atoms with E-state index in [9.17, 15) is 4.79 Å². The van der Waals surface area contributed by atoms with E-state index in [4.69, 9.17) is 5.26 Å². The van der Waals surface area contributed by atoms with Crippen molar-refractivity contribution >= 4 is 5.97 Å². The molecule has 0 aromatic carbocycles. The molecule has 0 aliphatic rings. The quantitative estimate of drug-likeness (QED) is 0.629. The summed E-state index contributed by atoms with van der Waals surface area (Å²) in [6.07, 6.45) is 1.80. The Morgan fingerprint density at radius 3 is 2.92 bits per heavy atom. The average Bonchev–Trinajstić information content (AvgIpc) is 2.18. The second-order valence-corrected chi connectivity index (χ2v) is 2.38. The molecule has 0 saturated heterocycles. The van der Waals surface area contributed by atoms with Crippen LogP contribution in [0.1, 0.15) is 16.1 Å². The monoisotopic (exact) mass is 176 g/mol. The highest BCUT2D eigenvalue weighted by Crippen LogP contribution is 2.01. The fraction of sp³-hybridized carbons (Fsp3) is 0.222. The summed E-state index contributed by atoms with van der Waals surface area (Å²) >= 11 is 0. The van der Waals surface area contributed by atoms with Crippen LogP contribution in [0.25, 0.3) is 0 Å². The molecule has 4 heteroatoms. The Kier molecular flexibility index (Phi) is 2.98. The molecular weight excluding hydrogens is 168 g/mol. The molecule has 0 bridgehead atoms. The van der Waals surface area contributed by atoms with Gasteiger partial charge in [0, 0.05) is 6.20 Å². The van der Waals surface area contributed by atoms with E-state index >= 15 is 0 Å². The van der Waals surface area contributed by atoms with Crippen molar-refractivity contribution in [2.45, 2.75) is 6.42 Å². The number of hydrogen-bond acceptors (Lipinski definition) is 4. The van der Waals surface area contributed by atoms with Gasteiger partial charge < -0.3 is 4.74 Å². The van der Waals surface area contributed by atoms with Crippen LogP contribution in [-0.2, 0) is 11.2 Å². The number of methoxy groups -OCH3 is 1. The second kappa shape index (κ2) is 4.21. The minimum absolute atomic E-state index is 0.254. The minimum Gasteiger partial charge on any atom is -0.464 e. The first-order valence-corrected chi connectivity index (χ1v) is 3.68. The average molecular weight is 176 g/mol. The van der Waals surface area contributed by atoms with Crippen molar-refractivity contribution in [1.29, 1.82) is 5.26 Å². The van der Waals surface area contributed by atoms with E-state index in [1.165, 1.54) is 13.3 Å². The number of nitrogens with zero attached hydrogens (tertiary/aromatic N) is 2. The number of ether oxygens (including phenoxy) is 1. The highest BCUT2D eigenvalue weighted by Gasteiger charge is 2.05. The fourth-order valence-electron chi connectivity index (χ4n) is 0.846. The summed E-state index contributed by atoms with van der Waals surface area (Å²) < 4.78 is 4.47. The molecule has 0 amide bonds. The Morgan fingerprint density at radius 2 is 2.46 bits per heavy atom. The molecule has 0 atom stereocenters. The van der Waals surface area contributed by atoms with Crippen LogP contribution in [0, 0.1) is 11.3 Å². The molecule has 13 heavy (non-hydrogen) atoms. The number of carbonyl (C=O) groups excluding carboxylic acids is 1. The van der Waals surface area contributed by atoms with E-state index in [1.54, 1.807) is 12.1 Å². The normalized spacial score (nSPS) is 8.92. The third-order valence-corrected chi connectivity index (χ3v) is 1.50. The highest BCUT2D eigenvalue weighted by atomic mass is 16.5. The van der Waals surface area contributed by atoms with Crippen LogP contribution in [0.2, 0.25) is 0 Å². The zero-order valence-electron chi connectivity index (χ0n) is 7.15. The van der Waals surface area contributed by atoms with Crippen molar-refractivity contribution in [3.05, 3.63) is 29.6 Å². The number of pyridine rings is 1. The first-order chi connectivity index (χ1) is 6.27. The number of hydrogen-bond donors (Lipinski definition) is 0. The van der Waals surface area contributed by atoms with E-state index in [2.05, 4.69) is 9.72 Å². The Bertz CT molecular complexity index is 338. The molecule has 0 unspecified atom stereocenters. The number of rotatable bonds is 2. The number of nitriles is 1. The van der Waals surface area contributed by atoms with E-state index in [-0.39, 0.29) is 5.69 Å². The van der Waals surface area contributed by atoms with Crippen LogP contribution in [0.4, 0.5) is 0 Å². The first kappa shape index (κ1) is 9.20. The van der Waals surface area contributed by atoms with Crippen molar-refractivity contribution < 1.29 is 9.53 Å². The fourth-order valence-corrected chi connectivity index (χ4v) is 0.846. The van der Waals surface area contributed by atoms with Crippen LogP contribution in [0.3, 0.4) is 0 Å². The maximum absolute atomic E-state index is 10.9. The Hall–Kier alpha value is -1.89. The summed E-state index contributed by atoms with van der Waals surface area (Å²) in [7, 11) is 1.30. The van der Waals surface area contributed by atoms with Gasteiger partial charge in [0.1, 0.15) is 5.69 Å². The van der Waals surface area contributed by atoms with Gasteiger partial charge in [0.25, 0.3) is 0 Å². The summed E-state index contributed by atoms with van der Waals surface area (Å²) in [5, 5.41) is 8.37. The number of esters is 1. The maximum atomic E-state index is 10.9. The zero-order chi connectivity index (χ0) is 9.68. The second-order valence-electron chi connectivity index (χ2n) is 2.38. The molecule has 1 heterocycles. The predicted octanol–water partition coefficient (Wildman–Crippen LogP) is 0.934. The maximum Gasteiger partial charge on any atom is 0.356 e. The van der Waals surface area contributed by atoms with Crippen molar-refractivity contribution in [2.24, 2.45) is 0 Å². The lowest BCUT2D eigenvalue weighted by Gasteiger charge is -1.98. The molecule has 1 aromatic rings. The third-order valence-electron chi connectivity index (χ3n) is 1.50. The van der Waals surface area contributed by atoms with Gasteiger partial charge in [-0.15, -0.1) is 0 Å². The van der Waals surface area contributed by atoms with Crippen LogP contribution in [-0.4, -0.2) is 18.1 Å². The predicted molar refractivity (Wildman–Crippen MR) is 44.9 cm³/mol. The van der Waals surface area contributed by atoms with Crippen molar-refractivity contribution in [2.75, 3.05) is 7.11 Å². The summed E-state index contributed by atoms with van der Waals surface area (Å²) in [6.45, 7) is 0. The van der Waals surface area contributed by atoms with E-state index < -0.39 is 5.97 Å². The third kappa shape index (κ3) is 2.27. The van der Waals surface area contributed by atoms with Gasteiger partial charge in [0.2, 0.25) is 0 Å². The Labute approximate surface area is 75.8 Å². The summed E-state index contributed by atoms with van der Waals surface area (Å²) in [4.78, 5) is 14.8. The molecule has 0 radical (unpaired) electrons. The molecule has 0 aliphatic carbocycles. The topological polar surface area (TPSA) is 63.0 Å². The lowest BCUT2D eigenvalue weighted by atomic mass is 10.2. The van der Waals surface area contributed by atoms with Gasteiger partial charge in [0.15, 0.2) is 0 Å². The Balaban J connectivity index is 2.82. The molecular formula is C9H8N2O2.